The number of Topliss-reactive ketones (excluding diaryl/α,β-unsaturated/α-hetero) is 1. The molecule has 2 nitrogen and oxygen atoms in total. The number of anilines is 1. The molecule has 1 aromatic rings. The predicted octanol–water partition coefficient (Wildman–Crippen LogP) is 3.35. The van der Waals surface area contributed by atoms with Crippen LogP contribution in [0.2, 0.25) is 0 Å². The van der Waals surface area contributed by atoms with Gasteiger partial charge in [0.1, 0.15) is 0 Å². The quantitative estimate of drug-likeness (QED) is 0.747. The standard InChI is InChI=1S/C13H19NO/c1-4-10(2)9-14-13-7-5-12(6-8-13)11(3)15/h5-8,10,14H,4,9H2,1-3H3. The first kappa shape index (κ1) is 11.8. The van der Waals surface area contributed by atoms with Gasteiger partial charge in [-0.15, -0.1) is 0 Å². The fourth-order valence-electron chi connectivity index (χ4n) is 1.26. The van der Waals surface area contributed by atoms with E-state index in [0.29, 0.717) is 5.92 Å². The molecule has 0 aliphatic rings. The molecule has 0 aromatic heterocycles. The average molecular weight is 205 g/mol. The van der Waals surface area contributed by atoms with Crippen LogP contribution < -0.4 is 5.32 Å². The topological polar surface area (TPSA) is 29.1 Å². The summed E-state index contributed by atoms with van der Waals surface area (Å²) in [4.78, 5) is 11.0. The Bertz CT molecular complexity index is 316. The van der Waals surface area contributed by atoms with Crippen LogP contribution in [0, 0.1) is 5.92 Å². The molecule has 0 saturated heterocycles. The molecule has 1 rings (SSSR count). The maximum absolute atomic E-state index is 11.0. The van der Waals surface area contributed by atoms with Crippen LogP contribution in [0.1, 0.15) is 37.6 Å². The fraction of sp³-hybridized carbons (Fsp3) is 0.462. The molecule has 0 aliphatic heterocycles. The molecule has 82 valence electrons. The van der Waals surface area contributed by atoms with Crippen molar-refractivity contribution in [3.63, 3.8) is 0 Å². The van der Waals surface area contributed by atoms with Crippen LogP contribution in [0.4, 0.5) is 5.69 Å². The van der Waals surface area contributed by atoms with E-state index in [4.69, 9.17) is 0 Å². The van der Waals surface area contributed by atoms with E-state index in [9.17, 15) is 4.79 Å². The Labute approximate surface area is 91.7 Å². The number of hydrogen-bond donors (Lipinski definition) is 1. The van der Waals surface area contributed by atoms with Gasteiger partial charge in [-0.3, -0.25) is 4.79 Å². The second-order valence-corrected chi connectivity index (χ2v) is 4.03. The summed E-state index contributed by atoms with van der Waals surface area (Å²) in [5, 5.41) is 3.35. The van der Waals surface area contributed by atoms with Crippen LogP contribution in [-0.2, 0) is 0 Å². The van der Waals surface area contributed by atoms with Gasteiger partial charge in [0.15, 0.2) is 5.78 Å². The molecule has 1 N–H and O–H groups in total. The van der Waals surface area contributed by atoms with E-state index in [1.807, 2.05) is 24.3 Å². The van der Waals surface area contributed by atoms with Crippen molar-refractivity contribution in [3.05, 3.63) is 29.8 Å². The molecule has 0 bridgehead atoms. The van der Waals surface area contributed by atoms with E-state index >= 15 is 0 Å². The summed E-state index contributed by atoms with van der Waals surface area (Å²) in [6, 6.07) is 7.64. The van der Waals surface area contributed by atoms with E-state index in [1.165, 1.54) is 6.42 Å². The molecule has 0 aliphatic carbocycles. The molecule has 1 aromatic carbocycles. The third-order valence-corrected chi connectivity index (χ3v) is 2.64. The normalized spacial score (nSPS) is 12.2. The minimum Gasteiger partial charge on any atom is -0.385 e. The minimum atomic E-state index is 0.114. The number of hydrogen-bond acceptors (Lipinski definition) is 2. The van der Waals surface area contributed by atoms with Gasteiger partial charge in [0, 0.05) is 17.8 Å². The highest BCUT2D eigenvalue weighted by molar-refractivity contribution is 5.94. The van der Waals surface area contributed by atoms with E-state index in [0.717, 1.165) is 17.8 Å². The van der Waals surface area contributed by atoms with E-state index in [2.05, 4.69) is 19.2 Å². The second kappa shape index (κ2) is 5.54. The van der Waals surface area contributed by atoms with Gasteiger partial charge in [0.05, 0.1) is 0 Å². The third-order valence-electron chi connectivity index (χ3n) is 2.64. The molecule has 0 saturated carbocycles. The predicted molar refractivity (Wildman–Crippen MR) is 64.4 cm³/mol. The van der Waals surface area contributed by atoms with E-state index in [1.54, 1.807) is 6.92 Å². The molecule has 15 heavy (non-hydrogen) atoms. The third kappa shape index (κ3) is 3.74. The van der Waals surface area contributed by atoms with E-state index in [-0.39, 0.29) is 5.78 Å². The van der Waals surface area contributed by atoms with Crippen molar-refractivity contribution in [2.75, 3.05) is 11.9 Å². The van der Waals surface area contributed by atoms with Gasteiger partial charge >= 0.3 is 0 Å². The minimum absolute atomic E-state index is 0.114. The maximum atomic E-state index is 11.0. The highest BCUT2D eigenvalue weighted by Gasteiger charge is 2.00. The Kier molecular flexibility index (Phi) is 4.35. The Morgan fingerprint density at radius 1 is 1.33 bits per heavy atom. The summed E-state index contributed by atoms with van der Waals surface area (Å²) in [6.45, 7) is 6.97. The zero-order chi connectivity index (χ0) is 11.3. The lowest BCUT2D eigenvalue weighted by molar-refractivity contribution is 0.101. The van der Waals surface area contributed by atoms with Crippen molar-refractivity contribution >= 4 is 11.5 Å². The van der Waals surface area contributed by atoms with Gasteiger partial charge in [-0.2, -0.15) is 0 Å². The monoisotopic (exact) mass is 205 g/mol. The number of benzene rings is 1. The molecular weight excluding hydrogens is 186 g/mol. The van der Waals surface area contributed by atoms with Crippen molar-refractivity contribution in [1.82, 2.24) is 0 Å². The van der Waals surface area contributed by atoms with Crippen molar-refractivity contribution in [2.45, 2.75) is 27.2 Å². The van der Waals surface area contributed by atoms with Gasteiger partial charge in [0.25, 0.3) is 0 Å². The molecule has 1 atom stereocenters. The maximum Gasteiger partial charge on any atom is 0.159 e. The Morgan fingerprint density at radius 3 is 2.40 bits per heavy atom. The molecule has 0 radical (unpaired) electrons. The number of ketones is 1. The summed E-state index contributed by atoms with van der Waals surface area (Å²) >= 11 is 0. The number of nitrogens with one attached hydrogen (secondary N) is 1. The van der Waals surface area contributed by atoms with E-state index < -0.39 is 0 Å². The number of carbonyl (C=O) groups excluding carboxylic acids is 1. The first-order valence-corrected chi connectivity index (χ1v) is 5.48. The van der Waals surface area contributed by atoms with Crippen molar-refractivity contribution in [2.24, 2.45) is 5.92 Å². The van der Waals surface area contributed by atoms with Crippen molar-refractivity contribution in [1.29, 1.82) is 0 Å². The highest BCUT2D eigenvalue weighted by atomic mass is 16.1. The van der Waals surface area contributed by atoms with Gasteiger partial charge < -0.3 is 5.32 Å². The van der Waals surface area contributed by atoms with Gasteiger partial charge in [-0.05, 0) is 37.1 Å². The van der Waals surface area contributed by atoms with Crippen LogP contribution in [0.15, 0.2) is 24.3 Å². The summed E-state index contributed by atoms with van der Waals surface area (Å²) in [5.74, 6) is 0.793. The smallest absolute Gasteiger partial charge is 0.159 e. The summed E-state index contributed by atoms with van der Waals surface area (Å²) in [7, 11) is 0. The molecule has 1 unspecified atom stereocenters. The van der Waals surface area contributed by atoms with Crippen LogP contribution in [0.5, 0.6) is 0 Å². The van der Waals surface area contributed by atoms with Crippen LogP contribution in [0.25, 0.3) is 0 Å². The largest absolute Gasteiger partial charge is 0.385 e. The van der Waals surface area contributed by atoms with Crippen LogP contribution in [-0.4, -0.2) is 12.3 Å². The SMILES string of the molecule is CCC(C)CNc1ccc(C(C)=O)cc1. The zero-order valence-electron chi connectivity index (χ0n) is 9.71. The van der Waals surface area contributed by atoms with Crippen LogP contribution >= 0.6 is 0 Å². The first-order chi connectivity index (χ1) is 7.13. The molecule has 0 heterocycles. The van der Waals surface area contributed by atoms with Gasteiger partial charge in [0.2, 0.25) is 0 Å². The molecular formula is C13H19NO. The van der Waals surface area contributed by atoms with Crippen molar-refractivity contribution in [3.8, 4) is 0 Å². The van der Waals surface area contributed by atoms with Gasteiger partial charge in [-0.25, -0.2) is 0 Å². The zero-order valence-corrected chi connectivity index (χ0v) is 9.71. The molecule has 0 fully saturated rings. The summed E-state index contributed by atoms with van der Waals surface area (Å²) < 4.78 is 0. The van der Waals surface area contributed by atoms with Crippen molar-refractivity contribution < 1.29 is 4.79 Å². The molecule has 2 heteroatoms. The average Bonchev–Trinajstić information content (AvgIpc) is 2.26. The Hall–Kier alpha value is -1.31. The molecule has 0 amide bonds. The number of rotatable bonds is 5. The lowest BCUT2D eigenvalue weighted by Gasteiger charge is -2.11. The summed E-state index contributed by atoms with van der Waals surface area (Å²) in [6.07, 6.45) is 1.18. The lowest BCUT2D eigenvalue weighted by atomic mass is 10.1. The van der Waals surface area contributed by atoms with Gasteiger partial charge in [-0.1, -0.05) is 20.3 Å². The highest BCUT2D eigenvalue weighted by Crippen LogP contribution is 2.11. The number of carbonyl (C=O) groups is 1. The van der Waals surface area contributed by atoms with Crippen LogP contribution in [0.3, 0.4) is 0 Å². The summed E-state index contributed by atoms with van der Waals surface area (Å²) in [5.41, 5.74) is 1.85. The fourth-order valence-corrected chi connectivity index (χ4v) is 1.26. The Balaban J connectivity index is 2.53. The second-order valence-electron chi connectivity index (χ2n) is 4.03. The lowest BCUT2D eigenvalue weighted by Crippen LogP contribution is -2.10. The first-order valence-electron chi connectivity index (χ1n) is 5.48. The Morgan fingerprint density at radius 2 is 1.93 bits per heavy atom. The molecule has 0 spiro atoms.